The fourth-order valence-electron chi connectivity index (χ4n) is 3.09. The molecule has 0 aromatic heterocycles. The molecule has 2 unspecified atom stereocenters. The van der Waals surface area contributed by atoms with Gasteiger partial charge >= 0.3 is 12.1 Å². The van der Waals surface area contributed by atoms with Crippen molar-refractivity contribution in [2.45, 2.75) is 58.2 Å². The van der Waals surface area contributed by atoms with Gasteiger partial charge in [-0.15, -0.1) is 0 Å². The largest absolute Gasteiger partial charge is 0.508 e. The van der Waals surface area contributed by atoms with Crippen LogP contribution in [0.1, 0.15) is 52.1 Å². The Labute approximate surface area is 204 Å². The first-order valence-electron chi connectivity index (χ1n) is 11.0. The summed E-state index contributed by atoms with van der Waals surface area (Å²) in [6.07, 6.45) is -1.58. The number of ether oxygens (including phenoxy) is 2. The maximum Gasteiger partial charge on any atom is 0.408 e. The van der Waals surface area contributed by atoms with Crippen molar-refractivity contribution >= 4 is 29.8 Å². The number of phenols is 1. The van der Waals surface area contributed by atoms with E-state index in [0.29, 0.717) is 0 Å². The minimum absolute atomic E-state index is 0.0596. The predicted octanol–water partition coefficient (Wildman–Crippen LogP) is 0.730. The highest BCUT2D eigenvalue weighted by molar-refractivity contribution is 5.94. The summed E-state index contributed by atoms with van der Waals surface area (Å²) in [5, 5.41) is 14.8. The average molecular weight is 495 g/mol. The molecule has 0 radical (unpaired) electrons. The van der Waals surface area contributed by atoms with Gasteiger partial charge in [0, 0.05) is 13.6 Å². The Balaban J connectivity index is 3.17. The summed E-state index contributed by atoms with van der Waals surface area (Å²) in [4.78, 5) is 62.8. The normalized spacial score (nSPS) is 12.6. The van der Waals surface area contributed by atoms with Gasteiger partial charge in [0.25, 0.3) is 0 Å². The number of hydrogen-bond acceptors (Lipinski definition) is 8. The lowest BCUT2D eigenvalue weighted by Crippen LogP contribution is -2.52. The van der Waals surface area contributed by atoms with Crippen LogP contribution in [0.2, 0.25) is 0 Å². The number of rotatable bonds is 11. The zero-order valence-electron chi connectivity index (χ0n) is 20.6. The first-order valence-corrected chi connectivity index (χ1v) is 11.0. The lowest BCUT2D eigenvalue weighted by molar-refractivity contribution is -0.143. The second-order valence-electron chi connectivity index (χ2n) is 8.66. The number of primary amides is 1. The van der Waals surface area contributed by atoms with Crippen molar-refractivity contribution in [3.05, 3.63) is 29.8 Å². The van der Waals surface area contributed by atoms with Crippen LogP contribution in [0.3, 0.4) is 0 Å². The summed E-state index contributed by atoms with van der Waals surface area (Å²) in [6, 6.07) is 3.00. The zero-order chi connectivity index (χ0) is 26.8. The molecule has 0 aliphatic heterocycles. The van der Waals surface area contributed by atoms with Gasteiger partial charge in [0.2, 0.25) is 17.7 Å². The summed E-state index contributed by atoms with van der Waals surface area (Å²) in [5.41, 5.74) is 4.65. The molecule has 12 heteroatoms. The molecular formula is C23H34N4O8. The Morgan fingerprint density at radius 3 is 2.37 bits per heavy atom. The molecule has 12 nitrogen and oxygen atoms in total. The molecule has 1 aromatic rings. The summed E-state index contributed by atoms with van der Waals surface area (Å²) in [6.45, 7) is 6.67. The van der Waals surface area contributed by atoms with Crippen LogP contribution >= 0.6 is 0 Å². The second-order valence-corrected chi connectivity index (χ2v) is 8.66. The number of aromatic hydroxyl groups is 1. The minimum atomic E-state index is -1.42. The summed E-state index contributed by atoms with van der Waals surface area (Å²) in [7, 11) is 1.30. The van der Waals surface area contributed by atoms with Crippen LogP contribution in [0.5, 0.6) is 5.75 Å². The molecule has 0 bridgehead atoms. The van der Waals surface area contributed by atoms with Gasteiger partial charge in [-0.25, -0.2) is 4.79 Å². The molecule has 0 aliphatic carbocycles. The van der Waals surface area contributed by atoms with Gasteiger partial charge in [-0.1, -0.05) is 12.1 Å². The fourth-order valence-corrected chi connectivity index (χ4v) is 3.09. The Morgan fingerprint density at radius 2 is 1.83 bits per heavy atom. The number of nitrogens with one attached hydrogen (secondary N) is 2. The third-order valence-corrected chi connectivity index (χ3v) is 4.50. The van der Waals surface area contributed by atoms with E-state index < -0.39 is 53.9 Å². The number of nitrogens with two attached hydrogens (primary N) is 1. The standard InChI is InChI=1S/C23H34N4O8/c1-6-34-18(30)10-11-25-20(31)19(14-8-7-9-15(28)12-14)27(5)21(32)16(13-17(24)29)26-22(33)35-23(2,3)4/h7-9,12,16,19,28H,6,10-11,13H2,1-5H3,(H2,24,29)(H,25,31)(H,26,33). The van der Waals surface area contributed by atoms with E-state index in [1.165, 1.54) is 31.3 Å². The van der Waals surface area contributed by atoms with Crippen molar-refractivity contribution in [1.29, 1.82) is 0 Å². The van der Waals surface area contributed by atoms with Gasteiger partial charge in [0.15, 0.2) is 0 Å². The van der Waals surface area contributed by atoms with E-state index in [4.69, 9.17) is 15.2 Å². The number of hydrogen-bond donors (Lipinski definition) is 4. The van der Waals surface area contributed by atoms with Crippen LogP contribution in [0.4, 0.5) is 4.79 Å². The maximum absolute atomic E-state index is 13.3. The van der Waals surface area contributed by atoms with Gasteiger partial charge < -0.3 is 35.8 Å². The molecule has 35 heavy (non-hydrogen) atoms. The molecule has 0 fully saturated rings. The van der Waals surface area contributed by atoms with Crippen LogP contribution in [0.15, 0.2) is 24.3 Å². The smallest absolute Gasteiger partial charge is 0.408 e. The molecule has 0 aliphatic rings. The van der Waals surface area contributed by atoms with Gasteiger partial charge in [-0.2, -0.15) is 0 Å². The molecule has 2 atom stereocenters. The molecule has 1 aromatic carbocycles. The number of benzene rings is 1. The second kappa shape index (κ2) is 13.2. The van der Waals surface area contributed by atoms with Gasteiger partial charge in [0.05, 0.1) is 19.4 Å². The van der Waals surface area contributed by atoms with E-state index in [-0.39, 0.29) is 30.9 Å². The Morgan fingerprint density at radius 1 is 1.17 bits per heavy atom. The highest BCUT2D eigenvalue weighted by Gasteiger charge is 2.35. The van der Waals surface area contributed by atoms with Crippen molar-refractivity contribution in [3.63, 3.8) is 0 Å². The van der Waals surface area contributed by atoms with Crippen molar-refractivity contribution < 1.29 is 38.6 Å². The monoisotopic (exact) mass is 494 g/mol. The molecule has 0 spiro atoms. The van der Waals surface area contributed by atoms with Gasteiger partial charge in [-0.3, -0.25) is 19.2 Å². The number of carbonyl (C=O) groups is 5. The third kappa shape index (κ3) is 10.3. The van der Waals surface area contributed by atoms with Crippen LogP contribution in [-0.2, 0) is 28.7 Å². The van der Waals surface area contributed by atoms with Crippen LogP contribution in [-0.4, -0.2) is 71.6 Å². The first-order chi connectivity index (χ1) is 16.2. The van der Waals surface area contributed by atoms with E-state index in [2.05, 4.69) is 10.6 Å². The van der Waals surface area contributed by atoms with E-state index in [9.17, 15) is 29.1 Å². The predicted molar refractivity (Wildman–Crippen MR) is 125 cm³/mol. The topological polar surface area (TPSA) is 177 Å². The molecule has 194 valence electrons. The number of esters is 1. The van der Waals surface area contributed by atoms with Crippen LogP contribution < -0.4 is 16.4 Å². The van der Waals surface area contributed by atoms with E-state index in [1.807, 2.05) is 0 Å². The Kier molecular flexibility index (Phi) is 11.0. The number of nitrogens with zero attached hydrogens (tertiary/aromatic N) is 1. The third-order valence-electron chi connectivity index (χ3n) is 4.50. The average Bonchev–Trinajstić information content (AvgIpc) is 2.71. The van der Waals surface area contributed by atoms with Gasteiger partial charge in [0.1, 0.15) is 23.4 Å². The quantitative estimate of drug-likeness (QED) is 0.325. The SMILES string of the molecule is CCOC(=O)CCNC(=O)C(c1cccc(O)c1)N(C)C(=O)C(CC(N)=O)NC(=O)OC(C)(C)C. The minimum Gasteiger partial charge on any atom is -0.508 e. The van der Waals surface area contributed by atoms with Crippen molar-refractivity contribution in [2.75, 3.05) is 20.2 Å². The molecule has 0 saturated heterocycles. The van der Waals surface area contributed by atoms with Crippen molar-refractivity contribution in [3.8, 4) is 5.75 Å². The van der Waals surface area contributed by atoms with Gasteiger partial charge in [-0.05, 0) is 45.4 Å². The molecular weight excluding hydrogens is 460 g/mol. The Hall–Kier alpha value is -3.83. The summed E-state index contributed by atoms with van der Waals surface area (Å²) < 4.78 is 9.98. The number of alkyl carbamates (subject to hydrolysis) is 1. The maximum atomic E-state index is 13.3. The molecule has 1 rings (SSSR count). The van der Waals surface area contributed by atoms with E-state index in [0.717, 1.165) is 4.90 Å². The van der Waals surface area contributed by atoms with E-state index in [1.54, 1.807) is 27.7 Å². The van der Waals surface area contributed by atoms with Crippen molar-refractivity contribution in [2.24, 2.45) is 5.73 Å². The fraction of sp³-hybridized carbons (Fsp3) is 0.522. The van der Waals surface area contributed by atoms with E-state index >= 15 is 0 Å². The molecule has 4 amide bonds. The lowest BCUT2D eigenvalue weighted by Gasteiger charge is -2.31. The van der Waals surface area contributed by atoms with Crippen LogP contribution in [0.25, 0.3) is 0 Å². The molecule has 5 N–H and O–H groups in total. The van der Waals surface area contributed by atoms with Crippen molar-refractivity contribution in [1.82, 2.24) is 15.5 Å². The van der Waals surface area contributed by atoms with Crippen LogP contribution in [0, 0.1) is 0 Å². The highest BCUT2D eigenvalue weighted by atomic mass is 16.6. The lowest BCUT2D eigenvalue weighted by atomic mass is 10.0. The first kappa shape index (κ1) is 29.2. The molecule has 0 heterocycles. The number of amides is 4. The number of likely N-dealkylation sites (N-methyl/N-ethyl adjacent to an activating group) is 1. The number of carbonyl (C=O) groups excluding carboxylic acids is 5. The molecule has 0 saturated carbocycles. The Bertz CT molecular complexity index is 928. The zero-order valence-corrected chi connectivity index (χ0v) is 20.6. The summed E-state index contributed by atoms with van der Waals surface area (Å²) >= 11 is 0. The highest BCUT2D eigenvalue weighted by Crippen LogP contribution is 2.24. The summed E-state index contributed by atoms with van der Waals surface area (Å²) in [5.74, 6) is -2.97. The number of phenolic OH excluding ortho intramolecular Hbond substituents is 1.